The van der Waals surface area contributed by atoms with Crippen LogP contribution in [0.2, 0.25) is 0 Å². The molecule has 1 unspecified atom stereocenters. The number of pyridine rings is 1. The van der Waals surface area contributed by atoms with E-state index >= 15 is 0 Å². The van der Waals surface area contributed by atoms with Gasteiger partial charge in [0.2, 0.25) is 0 Å². The number of carbonyl (C=O) groups excluding carboxylic acids is 1. The lowest BCUT2D eigenvalue weighted by Gasteiger charge is -2.49. The van der Waals surface area contributed by atoms with Gasteiger partial charge in [-0.15, -0.1) is 0 Å². The Labute approximate surface area is 174 Å². The second kappa shape index (κ2) is 7.93. The van der Waals surface area contributed by atoms with Crippen LogP contribution in [0.5, 0.6) is 5.75 Å². The number of ketones is 1. The number of carbonyl (C=O) groups is 1. The minimum absolute atomic E-state index is 0.0110. The van der Waals surface area contributed by atoms with E-state index in [-0.39, 0.29) is 18.0 Å². The monoisotopic (exact) mass is 444 g/mol. The molecule has 5 nitrogen and oxygen atoms in total. The molecule has 1 spiro atoms. The zero-order chi connectivity index (χ0) is 19.7. The maximum atomic E-state index is 13.7. The molecule has 2 atom stereocenters. The first-order valence-electron chi connectivity index (χ1n) is 9.80. The number of para-hydroxylation sites is 1. The van der Waals surface area contributed by atoms with Crippen LogP contribution >= 0.6 is 15.9 Å². The van der Waals surface area contributed by atoms with Gasteiger partial charge in [0.25, 0.3) is 0 Å². The van der Waals surface area contributed by atoms with E-state index in [9.17, 15) is 4.79 Å². The molecular weight excluding hydrogens is 420 g/mol. The maximum absolute atomic E-state index is 13.7. The molecule has 1 N–H and O–H groups in total. The van der Waals surface area contributed by atoms with Crippen LogP contribution in [0.1, 0.15) is 48.8 Å². The van der Waals surface area contributed by atoms with Gasteiger partial charge in [-0.3, -0.25) is 9.78 Å². The Bertz CT molecular complexity index is 847. The minimum atomic E-state index is -0.592. The lowest BCUT2D eigenvalue weighted by molar-refractivity contribution is -0.114. The molecule has 4 rings (SSSR count). The molecule has 28 heavy (non-hydrogen) atoms. The van der Waals surface area contributed by atoms with Crippen molar-refractivity contribution in [2.45, 2.75) is 44.5 Å². The molecule has 0 saturated carbocycles. The number of nitrogens with zero attached hydrogens (tertiary/aromatic N) is 1. The van der Waals surface area contributed by atoms with Gasteiger partial charge in [0.1, 0.15) is 23.1 Å². The van der Waals surface area contributed by atoms with Crippen LogP contribution in [-0.4, -0.2) is 35.6 Å². The summed E-state index contributed by atoms with van der Waals surface area (Å²) in [5.74, 6) is 0.359. The van der Waals surface area contributed by atoms with Crippen molar-refractivity contribution in [3.63, 3.8) is 0 Å². The Hall–Kier alpha value is -1.76. The first-order valence-corrected chi connectivity index (χ1v) is 10.6. The summed E-state index contributed by atoms with van der Waals surface area (Å²) in [5.41, 5.74) is 0.799. The number of hydrogen-bond acceptors (Lipinski definition) is 5. The number of rotatable bonds is 4. The van der Waals surface area contributed by atoms with E-state index in [1.807, 2.05) is 44.2 Å². The molecule has 1 saturated heterocycles. The molecule has 6 heteroatoms. The molecule has 148 valence electrons. The Balaban J connectivity index is 1.83. The van der Waals surface area contributed by atoms with E-state index in [2.05, 4.69) is 26.2 Å². The highest BCUT2D eigenvalue weighted by Gasteiger charge is 2.54. The summed E-state index contributed by atoms with van der Waals surface area (Å²) in [5, 5.41) is 3.39. The molecule has 1 aromatic carbocycles. The number of halogens is 1. The third-order valence-electron chi connectivity index (χ3n) is 5.54. The highest BCUT2D eigenvalue weighted by atomic mass is 79.9. The van der Waals surface area contributed by atoms with E-state index in [0.717, 1.165) is 41.7 Å². The molecular formula is C22H25BrN2O3. The average molecular weight is 445 g/mol. The quantitative estimate of drug-likeness (QED) is 0.711. The Kier molecular flexibility index (Phi) is 5.54. The van der Waals surface area contributed by atoms with E-state index in [0.29, 0.717) is 5.69 Å². The van der Waals surface area contributed by atoms with E-state index in [4.69, 9.17) is 9.47 Å². The fourth-order valence-electron chi connectivity index (χ4n) is 4.31. The van der Waals surface area contributed by atoms with Crippen molar-refractivity contribution >= 4 is 21.7 Å². The predicted molar refractivity (Wildman–Crippen MR) is 111 cm³/mol. The van der Waals surface area contributed by atoms with Gasteiger partial charge in [-0.1, -0.05) is 18.2 Å². The largest absolute Gasteiger partial charge is 0.486 e. The molecule has 1 fully saturated rings. The predicted octanol–water partition coefficient (Wildman–Crippen LogP) is 4.32. The molecule has 0 aliphatic carbocycles. The van der Waals surface area contributed by atoms with Gasteiger partial charge in [0.05, 0.1) is 12.0 Å². The van der Waals surface area contributed by atoms with E-state index < -0.39 is 11.5 Å². The fourth-order valence-corrected chi connectivity index (χ4v) is 4.55. The summed E-state index contributed by atoms with van der Waals surface area (Å²) in [6.45, 7) is 5.64. The highest BCUT2D eigenvalue weighted by molar-refractivity contribution is 9.10. The Morgan fingerprint density at radius 3 is 2.68 bits per heavy atom. The lowest BCUT2D eigenvalue weighted by atomic mass is 9.70. The second-order valence-electron chi connectivity index (χ2n) is 7.76. The van der Waals surface area contributed by atoms with Gasteiger partial charge in [0, 0.05) is 29.1 Å². The number of aromatic nitrogens is 1. The number of ether oxygens (including phenoxy) is 2. The highest BCUT2D eigenvalue weighted by Crippen LogP contribution is 2.50. The van der Waals surface area contributed by atoms with Gasteiger partial charge >= 0.3 is 0 Å². The van der Waals surface area contributed by atoms with Gasteiger partial charge in [0.15, 0.2) is 5.78 Å². The van der Waals surface area contributed by atoms with Crippen molar-refractivity contribution in [1.29, 1.82) is 0 Å². The maximum Gasteiger partial charge on any atom is 0.191 e. The van der Waals surface area contributed by atoms with Gasteiger partial charge < -0.3 is 14.8 Å². The zero-order valence-corrected chi connectivity index (χ0v) is 17.7. The summed E-state index contributed by atoms with van der Waals surface area (Å²) in [7, 11) is 0. The smallest absolute Gasteiger partial charge is 0.191 e. The number of nitrogens with one attached hydrogen (secondary N) is 1. The Morgan fingerprint density at radius 2 is 2.00 bits per heavy atom. The normalized spacial score (nSPS) is 23.3. The summed E-state index contributed by atoms with van der Waals surface area (Å²) in [6, 6.07) is 11.6. The third-order valence-corrected chi connectivity index (χ3v) is 6.01. The summed E-state index contributed by atoms with van der Waals surface area (Å²) in [6.07, 6.45) is 2.81. The number of fused-ring (bicyclic) bond motifs is 1. The van der Waals surface area contributed by atoms with Crippen molar-refractivity contribution < 1.29 is 14.3 Å². The van der Waals surface area contributed by atoms with Crippen LogP contribution < -0.4 is 10.1 Å². The van der Waals surface area contributed by atoms with E-state index in [1.54, 1.807) is 12.3 Å². The first-order chi connectivity index (χ1) is 13.5. The number of Topliss-reactive ketones (excluding diaryl/α,β-unsaturated/α-hetero) is 1. The van der Waals surface area contributed by atoms with E-state index in [1.165, 1.54) is 0 Å². The van der Waals surface area contributed by atoms with Gasteiger partial charge in [-0.05, 0) is 61.1 Å². The number of hydrogen-bond donors (Lipinski definition) is 1. The first kappa shape index (κ1) is 19.6. The zero-order valence-electron chi connectivity index (χ0n) is 16.2. The van der Waals surface area contributed by atoms with Crippen molar-refractivity contribution in [1.82, 2.24) is 10.3 Å². The fraction of sp³-hybridized carbons (Fsp3) is 0.455. The lowest BCUT2D eigenvalue weighted by Crippen LogP contribution is -2.58. The molecule has 2 aliphatic heterocycles. The van der Waals surface area contributed by atoms with Crippen molar-refractivity contribution in [3.05, 3.63) is 58.3 Å². The summed E-state index contributed by atoms with van der Waals surface area (Å²) >= 11 is 3.40. The van der Waals surface area contributed by atoms with Crippen LogP contribution in [0.15, 0.2) is 47.1 Å². The molecule has 0 radical (unpaired) electrons. The summed E-state index contributed by atoms with van der Waals surface area (Å²) < 4.78 is 13.8. The van der Waals surface area contributed by atoms with Crippen LogP contribution in [0.3, 0.4) is 0 Å². The van der Waals surface area contributed by atoms with Crippen molar-refractivity contribution in [2.24, 2.45) is 5.92 Å². The average Bonchev–Trinajstić information content (AvgIpc) is 2.68. The van der Waals surface area contributed by atoms with Crippen LogP contribution in [-0.2, 0) is 4.74 Å². The molecule has 0 amide bonds. The third kappa shape index (κ3) is 3.61. The van der Waals surface area contributed by atoms with Crippen LogP contribution in [0.4, 0.5) is 0 Å². The molecule has 2 aromatic rings. The van der Waals surface area contributed by atoms with Crippen LogP contribution in [0, 0.1) is 5.92 Å². The standard InChI is InChI=1S/C22H25BrN2O3/c1-14(2)27-21-16-5-3-4-6-18(16)28-22(9-11-24-12-10-22)19(21)20(26)17-8-7-15(23)13-25-17/h3-8,13-14,19,21,24H,9-12H2,1-2H3/t19?,21-/m0/s1. The SMILES string of the molecule is CC(C)O[C@H]1c2ccccc2OC2(CCNCC2)C1C(=O)c1ccc(Br)cn1. The molecule has 0 bridgehead atoms. The Morgan fingerprint density at radius 1 is 1.25 bits per heavy atom. The number of piperidine rings is 1. The van der Waals surface area contributed by atoms with Gasteiger partial charge in [-0.25, -0.2) is 0 Å². The minimum Gasteiger partial charge on any atom is -0.486 e. The summed E-state index contributed by atoms with van der Waals surface area (Å²) in [4.78, 5) is 18.1. The van der Waals surface area contributed by atoms with Gasteiger partial charge in [-0.2, -0.15) is 0 Å². The van der Waals surface area contributed by atoms with Crippen molar-refractivity contribution in [2.75, 3.05) is 13.1 Å². The van der Waals surface area contributed by atoms with Crippen LogP contribution in [0.25, 0.3) is 0 Å². The molecule has 1 aromatic heterocycles. The topological polar surface area (TPSA) is 60.5 Å². The van der Waals surface area contributed by atoms with Crippen molar-refractivity contribution in [3.8, 4) is 5.75 Å². The second-order valence-corrected chi connectivity index (χ2v) is 8.68. The molecule has 3 heterocycles. The molecule has 2 aliphatic rings. The number of benzene rings is 1.